The van der Waals surface area contributed by atoms with Crippen molar-refractivity contribution in [1.29, 1.82) is 0 Å². The zero-order valence-electron chi connectivity index (χ0n) is 12.5. The van der Waals surface area contributed by atoms with Crippen molar-refractivity contribution < 1.29 is 24.3 Å². The molecule has 0 bridgehead atoms. The number of hydrogen-bond donors (Lipinski definition) is 5. The fourth-order valence-corrected chi connectivity index (χ4v) is 1.95. The summed E-state index contributed by atoms with van der Waals surface area (Å²) < 4.78 is 0. The van der Waals surface area contributed by atoms with Crippen molar-refractivity contribution in [1.82, 2.24) is 10.6 Å². The van der Waals surface area contributed by atoms with Crippen LogP contribution in [0.4, 0.5) is 0 Å². The predicted molar refractivity (Wildman–Crippen MR) is 82.0 cm³/mol. The summed E-state index contributed by atoms with van der Waals surface area (Å²) >= 11 is 1.43. The highest BCUT2D eigenvalue weighted by Gasteiger charge is 2.28. The molecule has 0 aromatic rings. The second kappa shape index (κ2) is 10.0. The number of carbonyl (C=O) groups excluding carboxylic acids is 3. The van der Waals surface area contributed by atoms with E-state index in [0.717, 1.165) is 0 Å². The Morgan fingerprint density at radius 1 is 1.14 bits per heavy atom. The Kier molecular flexibility index (Phi) is 9.18. The number of carboxylic acids is 1. The highest BCUT2D eigenvalue weighted by Crippen LogP contribution is 2.02. The van der Waals surface area contributed by atoms with Gasteiger partial charge in [-0.25, -0.2) is 4.79 Å². The number of amides is 3. The third-order valence-electron chi connectivity index (χ3n) is 2.68. The number of nitrogens with two attached hydrogens (primary N) is 2. The van der Waals surface area contributed by atoms with Gasteiger partial charge >= 0.3 is 5.97 Å². The fraction of sp³-hybridized carbons (Fsp3) is 0.667. The molecule has 0 aromatic heterocycles. The predicted octanol–water partition coefficient (Wildman–Crippen LogP) is -1.98. The van der Waals surface area contributed by atoms with E-state index in [0.29, 0.717) is 5.75 Å². The van der Waals surface area contributed by atoms with Gasteiger partial charge in [-0.2, -0.15) is 11.8 Å². The molecule has 0 saturated carbocycles. The molecule has 0 fully saturated rings. The second-order valence-corrected chi connectivity index (χ2v) is 5.69. The Hall–Kier alpha value is -1.81. The van der Waals surface area contributed by atoms with E-state index in [-0.39, 0.29) is 6.42 Å². The summed E-state index contributed by atoms with van der Waals surface area (Å²) in [4.78, 5) is 45.7. The minimum absolute atomic E-state index is 0.215. The SMILES string of the molecule is CSCC[C@H](NC(=O)[C@H](CC(N)=O)NC(=O)[C@H](C)N)C(=O)O. The Bertz CT molecular complexity index is 430. The van der Waals surface area contributed by atoms with Crippen molar-refractivity contribution in [3.05, 3.63) is 0 Å². The van der Waals surface area contributed by atoms with Crippen LogP contribution in [0.5, 0.6) is 0 Å². The monoisotopic (exact) mass is 334 g/mol. The van der Waals surface area contributed by atoms with Gasteiger partial charge in [0.15, 0.2) is 0 Å². The normalized spacial score (nSPS) is 14.5. The van der Waals surface area contributed by atoms with Crippen molar-refractivity contribution >= 4 is 35.5 Å². The van der Waals surface area contributed by atoms with E-state index in [1.807, 2.05) is 0 Å². The summed E-state index contributed by atoms with van der Waals surface area (Å²) in [6.45, 7) is 1.41. The van der Waals surface area contributed by atoms with Crippen LogP contribution in [0, 0.1) is 0 Å². The lowest BCUT2D eigenvalue weighted by Crippen LogP contribution is -2.55. The fourth-order valence-electron chi connectivity index (χ4n) is 1.48. The van der Waals surface area contributed by atoms with Crippen molar-refractivity contribution in [2.75, 3.05) is 12.0 Å². The molecule has 0 saturated heterocycles. The molecule has 7 N–H and O–H groups in total. The van der Waals surface area contributed by atoms with Crippen LogP contribution >= 0.6 is 11.8 Å². The molecule has 0 aromatic carbocycles. The van der Waals surface area contributed by atoms with Crippen molar-refractivity contribution in [3.8, 4) is 0 Å². The maximum atomic E-state index is 12.1. The molecule has 0 radical (unpaired) electrons. The van der Waals surface area contributed by atoms with Gasteiger partial charge in [0.1, 0.15) is 12.1 Å². The van der Waals surface area contributed by atoms with Gasteiger partial charge in [0.2, 0.25) is 17.7 Å². The van der Waals surface area contributed by atoms with E-state index in [1.54, 1.807) is 6.26 Å². The van der Waals surface area contributed by atoms with Gasteiger partial charge in [-0.1, -0.05) is 0 Å². The third kappa shape index (κ3) is 7.84. The van der Waals surface area contributed by atoms with Gasteiger partial charge in [0, 0.05) is 0 Å². The van der Waals surface area contributed by atoms with Gasteiger partial charge < -0.3 is 27.2 Å². The topological polar surface area (TPSA) is 165 Å². The highest BCUT2D eigenvalue weighted by atomic mass is 32.2. The number of aliphatic carboxylic acids is 1. The third-order valence-corrected chi connectivity index (χ3v) is 3.32. The summed E-state index contributed by atoms with van der Waals surface area (Å²) in [5, 5.41) is 13.6. The molecule has 3 amide bonds. The molecule has 22 heavy (non-hydrogen) atoms. The highest BCUT2D eigenvalue weighted by molar-refractivity contribution is 7.98. The standard InChI is InChI=1S/C12H22N4O5S/c1-6(13)10(18)16-8(5-9(14)17)11(19)15-7(12(20)21)3-4-22-2/h6-8H,3-5,13H2,1-2H3,(H2,14,17)(H,15,19)(H,16,18)(H,20,21)/t6-,7-,8-/m0/s1. The molecule has 0 aliphatic rings. The van der Waals surface area contributed by atoms with Gasteiger partial charge in [-0.05, 0) is 25.4 Å². The van der Waals surface area contributed by atoms with Crippen LogP contribution in [0.15, 0.2) is 0 Å². The number of thioether (sulfide) groups is 1. The molecule has 126 valence electrons. The van der Waals surface area contributed by atoms with E-state index in [1.165, 1.54) is 18.7 Å². The smallest absolute Gasteiger partial charge is 0.326 e. The molecule has 0 heterocycles. The number of carbonyl (C=O) groups is 4. The van der Waals surface area contributed by atoms with E-state index in [9.17, 15) is 19.2 Å². The van der Waals surface area contributed by atoms with Crippen LogP contribution in [0.1, 0.15) is 19.8 Å². The van der Waals surface area contributed by atoms with Gasteiger partial charge in [0.05, 0.1) is 12.5 Å². The lowest BCUT2D eigenvalue weighted by atomic mass is 10.1. The van der Waals surface area contributed by atoms with Crippen LogP contribution in [-0.2, 0) is 19.2 Å². The minimum Gasteiger partial charge on any atom is -0.480 e. The first-order valence-electron chi connectivity index (χ1n) is 6.55. The van der Waals surface area contributed by atoms with Crippen LogP contribution < -0.4 is 22.1 Å². The van der Waals surface area contributed by atoms with Crippen molar-refractivity contribution in [2.24, 2.45) is 11.5 Å². The number of rotatable bonds is 10. The second-order valence-electron chi connectivity index (χ2n) is 4.70. The van der Waals surface area contributed by atoms with Gasteiger partial charge in [0.25, 0.3) is 0 Å². The summed E-state index contributed by atoms with van der Waals surface area (Å²) in [6.07, 6.45) is 1.57. The number of hydrogen-bond acceptors (Lipinski definition) is 6. The van der Waals surface area contributed by atoms with E-state index < -0.39 is 48.2 Å². The largest absolute Gasteiger partial charge is 0.480 e. The maximum Gasteiger partial charge on any atom is 0.326 e. The zero-order chi connectivity index (χ0) is 17.3. The van der Waals surface area contributed by atoms with E-state index >= 15 is 0 Å². The first-order chi connectivity index (χ1) is 10.2. The van der Waals surface area contributed by atoms with Crippen LogP contribution in [0.3, 0.4) is 0 Å². The average Bonchev–Trinajstić information content (AvgIpc) is 2.41. The van der Waals surface area contributed by atoms with Crippen molar-refractivity contribution in [2.45, 2.75) is 37.9 Å². The molecule has 3 atom stereocenters. The molecular weight excluding hydrogens is 312 g/mol. The molecule has 0 aliphatic carbocycles. The summed E-state index contributed by atoms with van der Waals surface area (Å²) in [5.74, 6) is -2.90. The van der Waals surface area contributed by atoms with Crippen LogP contribution in [0.2, 0.25) is 0 Å². The van der Waals surface area contributed by atoms with Crippen LogP contribution in [0.25, 0.3) is 0 Å². The minimum atomic E-state index is -1.26. The van der Waals surface area contributed by atoms with E-state index in [4.69, 9.17) is 16.6 Å². The molecule has 0 aliphatic heterocycles. The maximum absolute atomic E-state index is 12.1. The first-order valence-corrected chi connectivity index (χ1v) is 7.94. The summed E-state index contributed by atoms with van der Waals surface area (Å²) in [6, 6.07) is -3.25. The first kappa shape index (κ1) is 20.2. The Labute approximate surface area is 132 Å². The quantitative estimate of drug-likeness (QED) is 0.309. The molecular formula is C12H22N4O5S. The zero-order valence-corrected chi connectivity index (χ0v) is 13.3. The number of nitrogens with one attached hydrogen (secondary N) is 2. The van der Waals surface area contributed by atoms with E-state index in [2.05, 4.69) is 10.6 Å². The lowest BCUT2D eigenvalue weighted by Gasteiger charge is -2.21. The average molecular weight is 334 g/mol. The molecule has 10 heteroatoms. The Balaban J connectivity index is 4.89. The summed E-state index contributed by atoms with van der Waals surface area (Å²) in [7, 11) is 0. The van der Waals surface area contributed by atoms with Crippen molar-refractivity contribution in [3.63, 3.8) is 0 Å². The number of primary amides is 1. The number of carboxylic acid groups (broad SMARTS) is 1. The van der Waals surface area contributed by atoms with Gasteiger partial charge in [-0.15, -0.1) is 0 Å². The van der Waals surface area contributed by atoms with Crippen LogP contribution in [-0.4, -0.2) is 58.9 Å². The Morgan fingerprint density at radius 3 is 2.09 bits per heavy atom. The molecule has 9 nitrogen and oxygen atoms in total. The lowest BCUT2D eigenvalue weighted by molar-refractivity contribution is -0.142. The molecule has 0 rings (SSSR count). The Morgan fingerprint density at radius 2 is 1.68 bits per heavy atom. The molecule has 0 unspecified atom stereocenters. The summed E-state index contributed by atoms with van der Waals surface area (Å²) in [5.41, 5.74) is 10.4. The van der Waals surface area contributed by atoms with Gasteiger partial charge in [-0.3, -0.25) is 14.4 Å². The molecule has 0 spiro atoms.